The van der Waals surface area contributed by atoms with Crippen molar-refractivity contribution >= 4 is 34.3 Å². The van der Waals surface area contributed by atoms with Crippen LogP contribution >= 0.6 is 22.9 Å². The summed E-state index contributed by atoms with van der Waals surface area (Å²) in [5, 5.41) is 16.8. The van der Waals surface area contributed by atoms with Crippen LogP contribution in [0.1, 0.15) is 18.2 Å². The molecule has 2 N–H and O–H groups in total. The van der Waals surface area contributed by atoms with Crippen LogP contribution in [0.4, 0.5) is 5.13 Å². The van der Waals surface area contributed by atoms with Crippen molar-refractivity contribution in [3.8, 4) is 11.5 Å². The normalized spacial score (nSPS) is 10.9. The van der Waals surface area contributed by atoms with Crippen molar-refractivity contribution in [3.05, 3.63) is 33.8 Å². The number of hydrazone groups is 1. The second-order valence-electron chi connectivity index (χ2n) is 3.94. The van der Waals surface area contributed by atoms with Crippen molar-refractivity contribution in [2.24, 2.45) is 5.10 Å². The Kier molecular flexibility index (Phi) is 4.81. The quantitative estimate of drug-likeness (QED) is 0.653. The van der Waals surface area contributed by atoms with Crippen LogP contribution in [0.5, 0.6) is 11.5 Å². The largest absolute Gasteiger partial charge is 0.504 e. The van der Waals surface area contributed by atoms with Gasteiger partial charge in [-0.25, -0.2) is 4.98 Å². The molecular formula is C13H14ClN3O2S. The first-order valence-corrected chi connectivity index (χ1v) is 7.22. The second-order valence-corrected chi connectivity index (χ2v) is 5.20. The van der Waals surface area contributed by atoms with E-state index in [4.69, 9.17) is 16.3 Å². The third kappa shape index (κ3) is 3.61. The fourth-order valence-electron chi connectivity index (χ4n) is 1.49. The maximum Gasteiger partial charge on any atom is 0.203 e. The predicted octanol–water partition coefficient (Wildman–Crippen LogP) is 3.66. The topological polar surface area (TPSA) is 66.7 Å². The zero-order valence-electron chi connectivity index (χ0n) is 11.1. The molecule has 0 aliphatic carbocycles. The second kappa shape index (κ2) is 6.58. The average Bonchev–Trinajstić information content (AvgIpc) is 2.81. The van der Waals surface area contributed by atoms with Crippen LogP contribution in [0.2, 0.25) is 5.02 Å². The number of nitrogens with zero attached hydrogens (tertiary/aromatic N) is 2. The van der Waals surface area contributed by atoms with Gasteiger partial charge in [-0.15, -0.1) is 11.3 Å². The van der Waals surface area contributed by atoms with Crippen molar-refractivity contribution in [2.45, 2.75) is 13.8 Å². The van der Waals surface area contributed by atoms with E-state index in [0.29, 0.717) is 28.1 Å². The number of hydrogen-bond donors (Lipinski definition) is 2. The Bertz CT molecular complexity index is 628. The zero-order valence-corrected chi connectivity index (χ0v) is 12.6. The first kappa shape index (κ1) is 14.6. The van der Waals surface area contributed by atoms with E-state index < -0.39 is 0 Å². The molecule has 0 aliphatic heterocycles. The minimum atomic E-state index is 0.0116. The molecule has 0 radical (unpaired) electrons. The number of ether oxygens (including phenoxy) is 1. The van der Waals surface area contributed by atoms with E-state index in [1.54, 1.807) is 12.3 Å². The number of thiazole rings is 1. The zero-order chi connectivity index (χ0) is 14.5. The van der Waals surface area contributed by atoms with Crippen LogP contribution in [0.3, 0.4) is 0 Å². The smallest absolute Gasteiger partial charge is 0.203 e. The van der Waals surface area contributed by atoms with Crippen LogP contribution in [-0.2, 0) is 0 Å². The van der Waals surface area contributed by atoms with E-state index in [-0.39, 0.29) is 5.75 Å². The molecule has 20 heavy (non-hydrogen) atoms. The molecule has 106 valence electrons. The fraction of sp³-hybridized carbons (Fsp3) is 0.231. The summed E-state index contributed by atoms with van der Waals surface area (Å²) in [5.41, 5.74) is 4.41. The van der Waals surface area contributed by atoms with E-state index in [0.717, 1.165) is 5.69 Å². The molecule has 0 saturated carbocycles. The number of phenolic OH excluding ortho intramolecular Hbond substituents is 1. The van der Waals surface area contributed by atoms with Gasteiger partial charge in [0.15, 0.2) is 11.5 Å². The third-order valence-electron chi connectivity index (χ3n) is 2.36. The number of aryl methyl sites for hydroxylation is 1. The summed E-state index contributed by atoms with van der Waals surface area (Å²) in [6.07, 6.45) is 1.56. The van der Waals surface area contributed by atoms with Crippen LogP contribution in [-0.4, -0.2) is 22.9 Å². The molecule has 0 amide bonds. The fourth-order valence-corrected chi connectivity index (χ4v) is 2.33. The number of benzene rings is 1. The molecule has 1 heterocycles. The Morgan fingerprint density at radius 2 is 2.35 bits per heavy atom. The molecule has 7 heteroatoms. The molecule has 0 unspecified atom stereocenters. The number of anilines is 1. The molecule has 2 aromatic rings. The van der Waals surface area contributed by atoms with E-state index in [1.165, 1.54) is 17.4 Å². The molecule has 0 spiro atoms. The van der Waals surface area contributed by atoms with Crippen LogP contribution in [0.25, 0.3) is 0 Å². The van der Waals surface area contributed by atoms with Gasteiger partial charge in [0, 0.05) is 17.0 Å². The molecule has 0 bridgehead atoms. The lowest BCUT2D eigenvalue weighted by molar-refractivity contribution is 0.318. The predicted molar refractivity (Wildman–Crippen MR) is 82.4 cm³/mol. The SMILES string of the molecule is CCOc1cc(C=NNc2nc(C)cs2)c(Cl)cc1O. The molecular weight excluding hydrogens is 298 g/mol. The van der Waals surface area contributed by atoms with Crippen molar-refractivity contribution < 1.29 is 9.84 Å². The first-order chi connectivity index (χ1) is 9.60. The van der Waals surface area contributed by atoms with E-state index >= 15 is 0 Å². The van der Waals surface area contributed by atoms with Gasteiger partial charge in [0.05, 0.1) is 23.5 Å². The summed E-state index contributed by atoms with van der Waals surface area (Å²) < 4.78 is 5.30. The van der Waals surface area contributed by atoms with Crippen molar-refractivity contribution in [1.82, 2.24) is 4.98 Å². The Morgan fingerprint density at radius 3 is 3.00 bits per heavy atom. The molecule has 0 aliphatic rings. The van der Waals surface area contributed by atoms with Crippen molar-refractivity contribution in [3.63, 3.8) is 0 Å². The van der Waals surface area contributed by atoms with Crippen LogP contribution in [0, 0.1) is 6.92 Å². The molecule has 1 aromatic heterocycles. The van der Waals surface area contributed by atoms with Gasteiger partial charge in [-0.2, -0.15) is 5.10 Å². The van der Waals surface area contributed by atoms with Gasteiger partial charge in [-0.05, 0) is 19.9 Å². The molecule has 0 saturated heterocycles. The number of hydrogen-bond acceptors (Lipinski definition) is 6. The molecule has 5 nitrogen and oxygen atoms in total. The number of rotatable bonds is 5. The molecule has 0 atom stereocenters. The number of nitrogens with one attached hydrogen (secondary N) is 1. The van der Waals surface area contributed by atoms with Crippen LogP contribution in [0.15, 0.2) is 22.6 Å². The molecule has 1 aromatic carbocycles. The maximum atomic E-state index is 9.68. The van der Waals surface area contributed by atoms with Gasteiger partial charge in [0.25, 0.3) is 0 Å². The van der Waals surface area contributed by atoms with E-state index in [1.807, 2.05) is 19.2 Å². The average molecular weight is 312 g/mol. The van der Waals surface area contributed by atoms with E-state index in [9.17, 15) is 5.11 Å². The highest BCUT2D eigenvalue weighted by Gasteiger charge is 2.07. The standard InChI is InChI=1S/C13H14ClN3O2S/c1-3-19-12-4-9(10(14)5-11(12)18)6-15-17-13-16-8(2)7-20-13/h4-7,18H,3H2,1-2H3,(H,16,17). The van der Waals surface area contributed by atoms with Gasteiger partial charge >= 0.3 is 0 Å². The summed E-state index contributed by atoms with van der Waals surface area (Å²) in [6.45, 7) is 4.22. The Hall–Kier alpha value is -1.79. The lowest BCUT2D eigenvalue weighted by Gasteiger charge is -2.07. The number of aromatic nitrogens is 1. The minimum Gasteiger partial charge on any atom is -0.504 e. The molecule has 0 fully saturated rings. The molecule has 2 rings (SSSR count). The first-order valence-electron chi connectivity index (χ1n) is 5.96. The van der Waals surface area contributed by atoms with Gasteiger partial charge < -0.3 is 9.84 Å². The lowest BCUT2D eigenvalue weighted by Crippen LogP contribution is -1.95. The van der Waals surface area contributed by atoms with Crippen LogP contribution < -0.4 is 10.2 Å². The van der Waals surface area contributed by atoms with Crippen molar-refractivity contribution in [2.75, 3.05) is 12.0 Å². The van der Waals surface area contributed by atoms with E-state index in [2.05, 4.69) is 15.5 Å². The summed E-state index contributed by atoms with van der Waals surface area (Å²) in [4.78, 5) is 4.22. The number of halogens is 1. The maximum absolute atomic E-state index is 9.68. The summed E-state index contributed by atoms with van der Waals surface area (Å²) in [7, 11) is 0. The summed E-state index contributed by atoms with van der Waals surface area (Å²) in [6, 6.07) is 3.07. The highest BCUT2D eigenvalue weighted by molar-refractivity contribution is 7.13. The van der Waals surface area contributed by atoms with Gasteiger partial charge in [0.1, 0.15) is 0 Å². The van der Waals surface area contributed by atoms with Gasteiger partial charge in [-0.1, -0.05) is 11.6 Å². The minimum absolute atomic E-state index is 0.0116. The Balaban J connectivity index is 2.13. The lowest BCUT2D eigenvalue weighted by atomic mass is 10.2. The highest BCUT2D eigenvalue weighted by Crippen LogP contribution is 2.31. The number of aromatic hydroxyl groups is 1. The van der Waals surface area contributed by atoms with Crippen molar-refractivity contribution in [1.29, 1.82) is 0 Å². The number of phenols is 1. The summed E-state index contributed by atoms with van der Waals surface area (Å²) >= 11 is 7.51. The third-order valence-corrected chi connectivity index (χ3v) is 3.55. The van der Waals surface area contributed by atoms with Gasteiger partial charge in [-0.3, -0.25) is 5.43 Å². The Morgan fingerprint density at radius 1 is 1.55 bits per heavy atom. The van der Waals surface area contributed by atoms with Gasteiger partial charge in [0.2, 0.25) is 5.13 Å². The highest BCUT2D eigenvalue weighted by atomic mass is 35.5. The Labute approximate surface area is 125 Å². The monoisotopic (exact) mass is 311 g/mol. The summed E-state index contributed by atoms with van der Waals surface area (Å²) in [5.74, 6) is 0.390.